The van der Waals surface area contributed by atoms with Crippen LogP contribution in [-0.2, 0) is 4.79 Å². The maximum absolute atomic E-state index is 15.1. The number of nitrogens with one attached hydrogen (secondary N) is 1. The highest BCUT2D eigenvalue weighted by molar-refractivity contribution is 8.76. The first-order chi connectivity index (χ1) is 31.4. The fraction of sp³-hybridized carbons (Fsp3) is 0.830. The SMILES string of the molecule is C[C@@H]1[C@H](O)C/C(=C2/CCCC3(CCCC3)C2)C(C)(C)C[C@@H](n2ccnc2)CSSC[C@H]2C[C@H]1[C@@]1(C)C[C@@H](CN=C(N)N[C@H](C)O)[C@H]3C(=CC(=O)[C@@H]4C[C@@H](O)[C@@H](O)C[C@]34C3CCCCC3)[C@]21O. The van der Waals surface area contributed by atoms with E-state index < -0.39 is 46.9 Å². The molecule has 0 unspecified atom stereocenters. The van der Waals surface area contributed by atoms with Crippen molar-refractivity contribution in [2.75, 3.05) is 18.1 Å². The van der Waals surface area contributed by atoms with Crippen molar-refractivity contribution in [1.82, 2.24) is 14.9 Å². The van der Waals surface area contributed by atoms with Gasteiger partial charge in [-0.15, -0.1) is 0 Å². The van der Waals surface area contributed by atoms with Gasteiger partial charge in [-0.05, 0) is 154 Å². The Kier molecular flexibility index (Phi) is 14.2. The van der Waals surface area contributed by atoms with Crippen LogP contribution in [0.2, 0.25) is 0 Å². The molecule has 13 heteroatoms. The lowest BCUT2D eigenvalue weighted by atomic mass is 9.39. The van der Waals surface area contributed by atoms with E-state index in [1.54, 1.807) is 12.5 Å². The van der Waals surface area contributed by atoms with Gasteiger partial charge in [-0.25, -0.2) is 4.98 Å². The number of carbonyl (C=O) groups excluding carboxylic acids is 1. The first-order valence-electron chi connectivity index (χ1n) is 26.1. The Balaban J connectivity index is 1.17. The number of allylic oxidation sites excluding steroid dienone is 2. The van der Waals surface area contributed by atoms with Gasteiger partial charge in [0.2, 0.25) is 0 Å². The second-order valence-corrected chi connectivity index (χ2v) is 26.6. The summed E-state index contributed by atoms with van der Waals surface area (Å²) in [5.74, 6) is 0.552. The molecule has 8 aliphatic rings. The number of nitrogens with zero attached hydrogens (tertiary/aromatic N) is 3. The summed E-state index contributed by atoms with van der Waals surface area (Å²) in [7, 11) is 3.73. The summed E-state index contributed by atoms with van der Waals surface area (Å²) in [4.78, 5) is 24.5. The van der Waals surface area contributed by atoms with Gasteiger partial charge in [0.15, 0.2) is 11.7 Å². The Morgan fingerprint density at radius 2 is 1.68 bits per heavy atom. The molecule has 2 bridgehead atoms. The minimum atomic E-state index is -1.36. The first-order valence-corrected chi connectivity index (χ1v) is 28.6. The third-order valence-corrected chi connectivity index (χ3v) is 22.5. The van der Waals surface area contributed by atoms with E-state index in [-0.39, 0.29) is 65.1 Å². The Morgan fingerprint density at radius 1 is 0.955 bits per heavy atom. The molecular formula is C53H83N5O6S2. The summed E-state index contributed by atoms with van der Waals surface area (Å²) in [6, 6.07) is 0.192. The number of aliphatic hydroxyl groups is 5. The van der Waals surface area contributed by atoms with E-state index >= 15 is 4.79 Å². The van der Waals surface area contributed by atoms with Crippen molar-refractivity contribution >= 4 is 33.3 Å². The van der Waals surface area contributed by atoms with Crippen LogP contribution in [0.1, 0.15) is 163 Å². The third kappa shape index (κ3) is 8.62. The molecule has 14 atom stereocenters. The maximum Gasteiger partial charge on any atom is 0.190 e. The maximum atomic E-state index is 15.1. The summed E-state index contributed by atoms with van der Waals surface area (Å²) >= 11 is 0. The molecule has 1 aromatic rings. The van der Waals surface area contributed by atoms with Gasteiger partial charge >= 0.3 is 0 Å². The van der Waals surface area contributed by atoms with Crippen molar-refractivity contribution in [3.8, 4) is 0 Å². The summed E-state index contributed by atoms with van der Waals surface area (Å²) in [6.07, 6.45) is 22.8. The number of imidazole rings is 1. The van der Waals surface area contributed by atoms with Gasteiger partial charge in [0.1, 0.15) is 6.23 Å². The normalized spacial score (nSPS) is 43.9. The topological polar surface area (TPSA) is 186 Å². The molecule has 11 nitrogen and oxygen atoms in total. The monoisotopic (exact) mass is 950 g/mol. The zero-order valence-electron chi connectivity index (χ0n) is 40.7. The van der Waals surface area contributed by atoms with E-state index in [2.05, 4.69) is 48.8 Å². The number of nitrogens with two attached hydrogens (primary N) is 1. The zero-order valence-corrected chi connectivity index (χ0v) is 42.3. The van der Waals surface area contributed by atoms with Gasteiger partial charge in [0, 0.05) is 53.7 Å². The Labute approximate surface area is 402 Å². The molecule has 9 rings (SSSR count). The van der Waals surface area contributed by atoms with Crippen LogP contribution in [-0.4, -0.2) is 95.0 Å². The summed E-state index contributed by atoms with van der Waals surface area (Å²) < 4.78 is 2.28. The molecule has 2 heterocycles. The van der Waals surface area contributed by atoms with E-state index in [4.69, 9.17) is 10.7 Å². The van der Waals surface area contributed by atoms with E-state index in [9.17, 15) is 25.5 Å². The molecule has 6 saturated carbocycles. The predicted octanol–water partition coefficient (Wildman–Crippen LogP) is 8.51. The molecule has 7 fully saturated rings. The number of hydrogen-bond donors (Lipinski definition) is 7. The second-order valence-electron chi connectivity index (χ2n) is 24.1. The lowest BCUT2D eigenvalue weighted by Crippen LogP contribution is -2.67. The number of rotatable bonds is 5. The van der Waals surface area contributed by atoms with Crippen LogP contribution in [0.5, 0.6) is 0 Å². The minimum absolute atomic E-state index is 0.0228. The quantitative estimate of drug-likeness (QED) is 0.0494. The first kappa shape index (κ1) is 49.1. The van der Waals surface area contributed by atoms with Crippen molar-refractivity contribution in [3.63, 3.8) is 0 Å². The number of aromatic nitrogens is 2. The van der Waals surface area contributed by atoms with Crippen LogP contribution in [0.15, 0.2) is 46.5 Å². The van der Waals surface area contributed by atoms with Crippen LogP contribution < -0.4 is 11.1 Å². The fourth-order valence-electron chi connectivity index (χ4n) is 17.0. The Morgan fingerprint density at radius 3 is 2.39 bits per heavy atom. The lowest BCUT2D eigenvalue weighted by Gasteiger charge is -2.66. The van der Waals surface area contributed by atoms with Gasteiger partial charge in [-0.2, -0.15) is 0 Å². The predicted molar refractivity (Wildman–Crippen MR) is 265 cm³/mol. The van der Waals surface area contributed by atoms with Gasteiger partial charge in [0.25, 0.3) is 0 Å². The van der Waals surface area contributed by atoms with E-state index in [0.717, 1.165) is 69.1 Å². The fourth-order valence-corrected chi connectivity index (χ4v) is 19.8. The number of carbonyl (C=O) groups is 1. The van der Waals surface area contributed by atoms with E-state index in [1.807, 2.05) is 40.2 Å². The van der Waals surface area contributed by atoms with Gasteiger partial charge in [-0.3, -0.25) is 9.79 Å². The highest BCUT2D eigenvalue weighted by atomic mass is 33.1. The molecule has 7 aliphatic carbocycles. The number of aliphatic hydroxyl groups excluding tert-OH is 4. The largest absolute Gasteiger partial charge is 0.393 e. The summed E-state index contributed by atoms with van der Waals surface area (Å²) in [6.45, 7) is 11.3. The van der Waals surface area contributed by atoms with Crippen molar-refractivity contribution in [1.29, 1.82) is 0 Å². The Bertz CT molecular complexity index is 1990. The Hall–Kier alpha value is -1.87. The van der Waals surface area contributed by atoms with Gasteiger partial charge in [0.05, 0.1) is 30.2 Å². The molecule has 1 spiro atoms. The molecule has 0 aromatic carbocycles. The zero-order chi connectivity index (χ0) is 46.8. The molecule has 1 aliphatic heterocycles. The molecule has 0 amide bonds. The lowest BCUT2D eigenvalue weighted by molar-refractivity contribution is -0.188. The van der Waals surface area contributed by atoms with Crippen LogP contribution in [0.25, 0.3) is 0 Å². The third-order valence-electron chi connectivity index (χ3n) is 20.0. The summed E-state index contributed by atoms with van der Waals surface area (Å²) in [5.41, 5.74) is 7.76. The molecular weight excluding hydrogens is 867 g/mol. The standard InChI is InChI=1S/C53H83N5O6S2/c1-32-39-20-37(29-65-66-30-38(58-19-18-55-31-58)26-49(3,4)40(21-43(32)60)34-12-11-17-51(25-34)15-9-10-16-51)53(64)42-23-44(61)41-22-45(62)46(63)27-52(41,36-13-7-6-8-14-36)47(42)35(24-50(39,53)5)28-56-48(54)57-33(2)59/h18-19,23,31-33,35-39,41,43,45-47,59-60,62-64H,6-17,20-22,24-30H2,1-5H3,(H3,54,56,57)/b40-34+/t32-,33-,35-,37+,38+,39+,41-,43+,45+,46-,47-,50+,52+,53+/m0/s1. The highest BCUT2D eigenvalue weighted by Crippen LogP contribution is 2.73. The van der Waals surface area contributed by atoms with Crippen LogP contribution in [0, 0.1) is 63.1 Å². The van der Waals surface area contributed by atoms with Crippen LogP contribution in [0.4, 0.5) is 0 Å². The number of aliphatic imine (C=N–C) groups is 1. The smallest absolute Gasteiger partial charge is 0.190 e. The summed E-state index contributed by atoms with van der Waals surface area (Å²) in [5, 5.41) is 63.6. The van der Waals surface area contributed by atoms with Crippen LogP contribution >= 0.6 is 21.6 Å². The average Bonchev–Trinajstić information content (AvgIpc) is 4.03. The van der Waals surface area contributed by atoms with Crippen molar-refractivity contribution in [2.24, 2.45) is 73.8 Å². The molecule has 66 heavy (non-hydrogen) atoms. The van der Waals surface area contributed by atoms with Crippen LogP contribution in [0.3, 0.4) is 0 Å². The van der Waals surface area contributed by atoms with Gasteiger partial charge in [-0.1, -0.05) is 92.5 Å². The van der Waals surface area contributed by atoms with E-state index in [1.165, 1.54) is 44.1 Å². The molecule has 1 saturated heterocycles. The molecule has 368 valence electrons. The number of hydrogen-bond acceptors (Lipinski definition) is 10. The molecule has 8 N–H and O–H groups in total. The molecule has 1 aromatic heterocycles. The van der Waals surface area contributed by atoms with E-state index in [0.29, 0.717) is 37.0 Å². The average molecular weight is 950 g/mol. The van der Waals surface area contributed by atoms with Gasteiger partial charge < -0.3 is 41.2 Å². The molecule has 0 radical (unpaired) electrons. The number of fused-ring (bicyclic) bond motifs is 9. The minimum Gasteiger partial charge on any atom is -0.393 e. The van der Waals surface area contributed by atoms with Crippen molar-refractivity contribution in [2.45, 2.75) is 193 Å². The number of ketones is 1. The van der Waals surface area contributed by atoms with Crippen molar-refractivity contribution < 1.29 is 30.3 Å². The highest BCUT2D eigenvalue weighted by Gasteiger charge is 2.73. The van der Waals surface area contributed by atoms with Crippen molar-refractivity contribution in [3.05, 3.63) is 41.5 Å². The second kappa shape index (κ2) is 19.0. The number of guanidine groups is 1.